The lowest BCUT2D eigenvalue weighted by molar-refractivity contribution is -0.159. The van der Waals surface area contributed by atoms with Gasteiger partial charge in [-0.05, 0) is 93.6 Å². The quantitative estimate of drug-likeness (QED) is 0.311. The fourth-order valence-electron chi connectivity index (χ4n) is 4.09. The Kier molecular flexibility index (Phi) is 12.6. The molecule has 2 heterocycles. The molecule has 0 bridgehead atoms. The predicted molar refractivity (Wildman–Crippen MR) is 154 cm³/mol. The normalized spacial score (nSPS) is 18.4. The van der Waals surface area contributed by atoms with E-state index in [2.05, 4.69) is 5.32 Å². The van der Waals surface area contributed by atoms with Crippen molar-refractivity contribution in [1.29, 1.82) is 0 Å². The summed E-state index contributed by atoms with van der Waals surface area (Å²) in [5.41, 5.74) is 1.87. The molecule has 2 atom stereocenters. The molecule has 2 aliphatic heterocycles. The fourth-order valence-corrected chi connectivity index (χ4v) is 5.17. The van der Waals surface area contributed by atoms with Crippen LogP contribution in [0.3, 0.4) is 0 Å². The monoisotopic (exact) mass is 620 g/mol. The number of carboxylic acid groups (broad SMARTS) is 2. The van der Waals surface area contributed by atoms with Crippen molar-refractivity contribution < 1.29 is 29.3 Å². The van der Waals surface area contributed by atoms with Gasteiger partial charge in [0.15, 0.2) is 0 Å². The highest BCUT2D eigenvalue weighted by Crippen LogP contribution is 2.32. The van der Waals surface area contributed by atoms with E-state index in [-0.39, 0.29) is 12.0 Å². The van der Waals surface area contributed by atoms with Crippen LogP contribution in [0, 0.1) is 0 Å². The van der Waals surface area contributed by atoms with Gasteiger partial charge in [-0.15, -0.1) is 0 Å². The Morgan fingerprint density at radius 1 is 0.821 bits per heavy atom. The number of hydrogen-bond acceptors (Lipinski definition) is 5. The number of rotatable bonds is 2. The lowest BCUT2D eigenvalue weighted by atomic mass is 9.99. The SMILES string of the molecule is CC(C)(C)OC(=O)N1CCC(c2cc(Cl)cc(Cl)c2)C1.Clc1cc(Cl)cc(C2CCNC2)c1.O=C(O)C(=O)O. The number of nitrogens with one attached hydrogen (secondary N) is 1. The molecule has 1 amide bonds. The summed E-state index contributed by atoms with van der Waals surface area (Å²) in [5.74, 6) is -2.81. The van der Waals surface area contributed by atoms with Crippen LogP contribution in [-0.2, 0) is 14.3 Å². The minimum Gasteiger partial charge on any atom is -0.473 e. The smallest absolute Gasteiger partial charge is 0.414 e. The van der Waals surface area contributed by atoms with E-state index in [9.17, 15) is 4.79 Å². The molecule has 8 nitrogen and oxygen atoms in total. The summed E-state index contributed by atoms with van der Waals surface area (Å²) in [6, 6.07) is 11.3. The number of carbonyl (C=O) groups excluding carboxylic acids is 1. The Labute approximate surface area is 248 Å². The van der Waals surface area contributed by atoms with E-state index in [0.717, 1.165) is 35.1 Å². The highest BCUT2D eigenvalue weighted by molar-refractivity contribution is 6.35. The van der Waals surface area contributed by atoms with Gasteiger partial charge in [0.2, 0.25) is 0 Å². The molecule has 0 saturated carbocycles. The number of carbonyl (C=O) groups is 3. The number of ether oxygens (including phenoxy) is 1. The largest absolute Gasteiger partial charge is 0.473 e. The Hall–Kier alpha value is -2.23. The number of aliphatic carboxylic acids is 2. The highest BCUT2D eigenvalue weighted by Gasteiger charge is 2.30. The summed E-state index contributed by atoms with van der Waals surface area (Å²) in [6.45, 7) is 9.08. The first kappa shape index (κ1) is 33.0. The van der Waals surface area contributed by atoms with Crippen LogP contribution in [0.5, 0.6) is 0 Å². The number of nitrogens with zero attached hydrogens (tertiary/aromatic N) is 1. The molecule has 4 rings (SSSR count). The standard InChI is InChI=1S/C15H19Cl2NO2.C10H11Cl2N.C2H2O4/c1-15(2,3)20-14(19)18-5-4-10(9-18)11-6-12(16)8-13(17)7-11;11-9-3-8(4-10(12)5-9)7-1-2-13-6-7;3-1(4)2(5)6/h6-8,10H,4-5,9H2,1-3H3;3-5,7,13H,1-2,6H2;(H,3,4)(H,5,6). The van der Waals surface area contributed by atoms with Gasteiger partial charge in [0, 0.05) is 45.6 Å². The predicted octanol–water partition coefficient (Wildman–Crippen LogP) is 6.94. The molecular formula is C27H32Cl4N2O6. The summed E-state index contributed by atoms with van der Waals surface area (Å²) in [5, 5.41) is 20.8. The zero-order valence-corrected chi connectivity index (χ0v) is 24.9. The second-order valence-electron chi connectivity index (χ2n) is 10.1. The van der Waals surface area contributed by atoms with Gasteiger partial charge in [0.25, 0.3) is 0 Å². The van der Waals surface area contributed by atoms with Gasteiger partial charge in [0.1, 0.15) is 5.60 Å². The molecule has 39 heavy (non-hydrogen) atoms. The number of benzene rings is 2. The molecule has 2 unspecified atom stereocenters. The number of amides is 1. The molecule has 2 aromatic rings. The van der Waals surface area contributed by atoms with E-state index in [1.807, 2.05) is 45.0 Å². The van der Waals surface area contributed by atoms with Gasteiger partial charge >= 0.3 is 18.0 Å². The van der Waals surface area contributed by atoms with Crippen LogP contribution < -0.4 is 5.32 Å². The van der Waals surface area contributed by atoms with E-state index >= 15 is 0 Å². The van der Waals surface area contributed by atoms with Crippen molar-refractivity contribution in [2.75, 3.05) is 26.2 Å². The average molecular weight is 622 g/mol. The van der Waals surface area contributed by atoms with Crippen LogP contribution in [0.1, 0.15) is 56.6 Å². The van der Waals surface area contributed by atoms with Crippen molar-refractivity contribution in [3.8, 4) is 0 Å². The molecule has 0 spiro atoms. The van der Waals surface area contributed by atoms with E-state index in [0.29, 0.717) is 29.1 Å². The number of carboxylic acids is 2. The van der Waals surface area contributed by atoms with Gasteiger partial charge in [-0.1, -0.05) is 46.4 Å². The summed E-state index contributed by atoms with van der Waals surface area (Å²) in [7, 11) is 0. The summed E-state index contributed by atoms with van der Waals surface area (Å²) < 4.78 is 5.39. The van der Waals surface area contributed by atoms with Crippen LogP contribution in [0.4, 0.5) is 4.79 Å². The van der Waals surface area contributed by atoms with Gasteiger partial charge in [0.05, 0.1) is 0 Å². The molecule has 2 aromatic carbocycles. The Bertz CT molecular complexity index is 1110. The zero-order valence-electron chi connectivity index (χ0n) is 21.8. The van der Waals surface area contributed by atoms with Gasteiger partial charge in [-0.25, -0.2) is 14.4 Å². The maximum Gasteiger partial charge on any atom is 0.414 e. The first-order valence-electron chi connectivity index (χ1n) is 12.2. The van der Waals surface area contributed by atoms with Gasteiger partial charge < -0.3 is 25.2 Å². The van der Waals surface area contributed by atoms with Crippen LogP contribution >= 0.6 is 46.4 Å². The lowest BCUT2D eigenvalue weighted by Crippen LogP contribution is -2.35. The molecule has 0 aromatic heterocycles. The first-order chi connectivity index (χ1) is 18.1. The summed E-state index contributed by atoms with van der Waals surface area (Å²) >= 11 is 23.9. The Morgan fingerprint density at radius 3 is 1.67 bits per heavy atom. The van der Waals surface area contributed by atoms with Crippen molar-refractivity contribution in [2.45, 2.75) is 51.0 Å². The van der Waals surface area contributed by atoms with Crippen molar-refractivity contribution in [3.05, 3.63) is 67.6 Å². The van der Waals surface area contributed by atoms with Crippen LogP contribution in [0.25, 0.3) is 0 Å². The average Bonchev–Trinajstić information content (AvgIpc) is 3.50. The van der Waals surface area contributed by atoms with Crippen molar-refractivity contribution in [3.63, 3.8) is 0 Å². The molecule has 2 saturated heterocycles. The minimum atomic E-state index is -1.82. The maximum atomic E-state index is 12.0. The van der Waals surface area contributed by atoms with Crippen LogP contribution in [-0.4, -0.2) is 64.9 Å². The van der Waals surface area contributed by atoms with E-state index in [1.54, 1.807) is 17.0 Å². The van der Waals surface area contributed by atoms with Gasteiger partial charge in [-0.3, -0.25) is 0 Å². The van der Waals surface area contributed by atoms with Crippen molar-refractivity contribution >= 4 is 64.4 Å². The van der Waals surface area contributed by atoms with Crippen molar-refractivity contribution in [1.82, 2.24) is 10.2 Å². The van der Waals surface area contributed by atoms with Crippen molar-refractivity contribution in [2.24, 2.45) is 0 Å². The van der Waals surface area contributed by atoms with E-state index in [1.165, 1.54) is 12.0 Å². The molecule has 214 valence electrons. The van der Waals surface area contributed by atoms with Crippen LogP contribution in [0.2, 0.25) is 20.1 Å². The topological polar surface area (TPSA) is 116 Å². The zero-order chi connectivity index (χ0) is 29.3. The highest BCUT2D eigenvalue weighted by atomic mass is 35.5. The fraction of sp³-hybridized carbons (Fsp3) is 0.444. The molecular weight excluding hydrogens is 590 g/mol. The summed E-state index contributed by atoms with van der Waals surface area (Å²) in [6.07, 6.45) is 1.82. The Balaban J connectivity index is 0.000000239. The molecule has 12 heteroatoms. The third kappa shape index (κ3) is 11.8. The summed E-state index contributed by atoms with van der Waals surface area (Å²) in [4.78, 5) is 32.0. The number of likely N-dealkylation sites (tertiary alicyclic amines) is 1. The molecule has 3 N–H and O–H groups in total. The molecule has 2 fully saturated rings. The second-order valence-corrected chi connectivity index (χ2v) is 11.9. The molecule has 0 radical (unpaired) electrons. The third-order valence-corrected chi connectivity index (χ3v) is 6.67. The van der Waals surface area contributed by atoms with Gasteiger partial charge in [-0.2, -0.15) is 0 Å². The Morgan fingerprint density at radius 2 is 1.28 bits per heavy atom. The number of halogens is 4. The minimum absolute atomic E-state index is 0.256. The third-order valence-electron chi connectivity index (χ3n) is 5.80. The van der Waals surface area contributed by atoms with E-state index in [4.69, 9.17) is 70.9 Å². The maximum absolute atomic E-state index is 12.0. The first-order valence-corrected chi connectivity index (χ1v) is 13.7. The van der Waals surface area contributed by atoms with Crippen LogP contribution in [0.15, 0.2) is 36.4 Å². The second kappa shape index (κ2) is 15.0. The lowest BCUT2D eigenvalue weighted by Gasteiger charge is -2.24. The molecule has 2 aliphatic rings. The molecule has 0 aliphatic carbocycles. The van der Waals surface area contributed by atoms with E-state index < -0.39 is 17.5 Å². The number of hydrogen-bond donors (Lipinski definition) is 3.